The van der Waals surface area contributed by atoms with Crippen molar-refractivity contribution in [2.75, 3.05) is 0 Å². The highest BCUT2D eigenvalue weighted by Gasteiger charge is 2.22. The number of aromatic nitrogens is 1. The molecular formula is C51H33N4OS-. The predicted octanol–water partition coefficient (Wildman–Crippen LogP) is 13.8. The lowest BCUT2D eigenvalue weighted by Crippen LogP contribution is -2.34. The van der Waals surface area contributed by atoms with Gasteiger partial charge in [0.1, 0.15) is 17.0 Å². The van der Waals surface area contributed by atoms with Crippen molar-refractivity contribution >= 4 is 81.1 Å². The third kappa shape index (κ3) is 5.15. The number of nitrogens with one attached hydrogen (secondary N) is 1. The SMILES string of the molecule is c1ccc(C2N=C(c3cccc4oc5cc(-c6ccc7sc8cccc(-n9c%10ccccc%10c%10ccccc%109)c8c7c6)ccc5c34)NC(c3ccccc3)[N-]2)cc1. The monoisotopic (exact) mass is 749 g/mol. The Morgan fingerprint density at radius 2 is 1.21 bits per heavy atom. The lowest BCUT2D eigenvalue weighted by atomic mass is 9.99. The Kier molecular flexibility index (Phi) is 7.24. The highest BCUT2D eigenvalue weighted by molar-refractivity contribution is 7.25. The van der Waals surface area contributed by atoms with E-state index in [0.29, 0.717) is 0 Å². The van der Waals surface area contributed by atoms with Crippen LogP contribution in [0.2, 0.25) is 0 Å². The van der Waals surface area contributed by atoms with Crippen molar-refractivity contribution < 1.29 is 4.42 Å². The summed E-state index contributed by atoms with van der Waals surface area (Å²) in [5.41, 5.74) is 10.7. The van der Waals surface area contributed by atoms with Crippen molar-refractivity contribution in [1.82, 2.24) is 9.88 Å². The number of amidine groups is 1. The van der Waals surface area contributed by atoms with E-state index < -0.39 is 0 Å². The predicted molar refractivity (Wildman–Crippen MR) is 238 cm³/mol. The summed E-state index contributed by atoms with van der Waals surface area (Å²) in [4.78, 5) is 5.20. The van der Waals surface area contributed by atoms with Crippen LogP contribution in [0.5, 0.6) is 0 Å². The van der Waals surface area contributed by atoms with Crippen molar-refractivity contribution in [2.24, 2.45) is 4.99 Å². The second-order valence-electron chi connectivity index (χ2n) is 14.7. The quantitative estimate of drug-likeness (QED) is 0.190. The topological polar surface area (TPSA) is 56.6 Å². The third-order valence-corrected chi connectivity index (χ3v) is 12.5. The Balaban J connectivity index is 0.986. The van der Waals surface area contributed by atoms with Gasteiger partial charge in [-0.25, -0.2) is 0 Å². The second-order valence-corrected chi connectivity index (χ2v) is 15.8. The number of aliphatic imine (C=N–C) groups is 1. The molecule has 6 heteroatoms. The molecule has 0 saturated carbocycles. The minimum absolute atomic E-state index is 0.248. The number of hydrogen-bond acceptors (Lipinski definition) is 4. The number of para-hydroxylation sites is 2. The molecule has 4 heterocycles. The van der Waals surface area contributed by atoms with Gasteiger partial charge in [0.05, 0.1) is 16.7 Å². The Morgan fingerprint density at radius 3 is 2.00 bits per heavy atom. The van der Waals surface area contributed by atoms with Crippen LogP contribution in [-0.4, -0.2) is 10.4 Å². The van der Waals surface area contributed by atoms with E-state index in [1.54, 1.807) is 0 Å². The first-order valence-electron chi connectivity index (χ1n) is 19.3. The molecule has 11 aromatic rings. The standard InChI is InChI=1S/C51H33N4OS/c1-3-13-31(14-4-1)49-52-50(32-15-5-2-6-16-32)54-51(53-49)38-19-11-23-43-47(38)37-27-25-34(30-44(37)56-43)33-26-28-45-39(29-33)48-42(22-12-24-46(48)57-45)55-40-20-9-7-17-35(40)36-18-8-10-21-41(36)55/h1-30,49-50H,(H,53,54)/q-1. The van der Waals surface area contributed by atoms with E-state index >= 15 is 0 Å². The van der Waals surface area contributed by atoms with Crippen LogP contribution in [0.25, 0.3) is 86.0 Å². The van der Waals surface area contributed by atoms with Gasteiger partial charge in [-0.15, -0.1) is 11.3 Å². The first-order valence-corrected chi connectivity index (χ1v) is 20.1. The van der Waals surface area contributed by atoms with Crippen LogP contribution < -0.4 is 5.32 Å². The molecule has 0 saturated heterocycles. The van der Waals surface area contributed by atoms with Gasteiger partial charge >= 0.3 is 0 Å². The summed E-state index contributed by atoms with van der Waals surface area (Å²) in [7, 11) is 0. The number of furan rings is 1. The molecule has 0 bridgehead atoms. The van der Waals surface area contributed by atoms with E-state index in [-0.39, 0.29) is 12.3 Å². The fourth-order valence-electron chi connectivity index (χ4n) is 8.80. The zero-order chi connectivity index (χ0) is 37.5. The molecule has 12 rings (SSSR count). The smallest absolute Gasteiger partial charge is 0.136 e. The van der Waals surface area contributed by atoms with Gasteiger partial charge in [-0.1, -0.05) is 127 Å². The van der Waals surface area contributed by atoms with E-state index in [2.05, 4.69) is 168 Å². The molecule has 57 heavy (non-hydrogen) atoms. The highest BCUT2D eigenvalue weighted by Crippen LogP contribution is 2.43. The summed E-state index contributed by atoms with van der Waals surface area (Å²) in [5, 5.41) is 16.0. The molecule has 3 aromatic heterocycles. The van der Waals surface area contributed by atoms with Gasteiger partial charge in [-0.3, -0.25) is 4.99 Å². The molecule has 0 amide bonds. The zero-order valence-electron chi connectivity index (χ0n) is 30.6. The maximum Gasteiger partial charge on any atom is 0.136 e. The van der Waals surface area contributed by atoms with Crippen LogP contribution in [0.4, 0.5) is 0 Å². The van der Waals surface area contributed by atoms with Crippen LogP contribution in [0.3, 0.4) is 0 Å². The molecule has 1 aliphatic heterocycles. The summed E-state index contributed by atoms with van der Waals surface area (Å²) in [5.74, 6) is 0.805. The van der Waals surface area contributed by atoms with Gasteiger partial charge in [0.15, 0.2) is 0 Å². The second kappa shape index (κ2) is 12.8. The molecule has 0 fully saturated rings. The molecular weight excluding hydrogens is 717 g/mol. The minimum atomic E-state index is -0.341. The summed E-state index contributed by atoms with van der Waals surface area (Å²) < 4.78 is 11.6. The number of thiophene rings is 1. The van der Waals surface area contributed by atoms with Crippen molar-refractivity contribution in [3.05, 3.63) is 204 Å². The van der Waals surface area contributed by atoms with Crippen molar-refractivity contribution in [1.29, 1.82) is 0 Å². The maximum atomic E-state index is 6.65. The van der Waals surface area contributed by atoms with E-state index in [1.165, 1.54) is 47.7 Å². The number of nitrogens with zero attached hydrogens (tertiary/aromatic N) is 3. The fraction of sp³-hybridized carbons (Fsp3) is 0.0392. The van der Waals surface area contributed by atoms with Gasteiger partial charge in [0.25, 0.3) is 0 Å². The number of benzene rings is 8. The number of hydrogen-bond donors (Lipinski definition) is 1. The Bertz CT molecular complexity index is 3320. The molecule has 1 N–H and O–H groups in total. The van der Waals surface area contributed by atoms with E-state index in [9.17, 15) is 0 Å². The van der Waals surface area contributed by atoms with Crippen molar-refractivity contribution in [3.8, 4) is 16.8 Å². The number of fused-ring (bicyclic) bond motifs is 9. The van der Waals surface area contributed by atoms with E-state index in [4.69, 9.17) is 14.7 Å². The molecule has 8 aromatic carbocycles. The molecule has 1 aliphatic rings. The van der Waals surface area contributed by atoms with Gasteiger partial charge < -0.3 is 19.6 Å². The van der Waals surface area contributed by atoms with Crippen LogP contribution in [-0.2, 0) is 0 Å². The fourth-order valence-corrected chi connectivity index (χ4v) is 9.90. The van der Waals surface area contributed by atoms with Crippen molar-refractivity contribution in [2.45, 2.75) is 12.3 Å². The van der Waals surface area contributed by atoms with E-state index in [0.717, 1.165) is 55.6 Å². The highest BCUT2D eigenvalue weighted by atomic mass is 32.1. The summed E-state index contributed by atoms with van der Waals surface area (Å²) >= 11 is 1.85. The molecule has 2 unspecified atom stereocenters. The third-order valence-electron chi connectivity index (χ3n) is 11.4. The van der Waals surface area contributed by atoms with Gasteiger partial charge in [0.2, 0.25) is 0 Å². The van der Waals surface area contributed by atoms with Gasteiger partial charge in [-0.05, 0) is 89.2 Å². The van der Waals surface area contributed by atoms with Gasteiger partial charge in [-0.2, -0.15) is 0 Å². The molecule has 0 aliphatic carbocycles. The van der Waals surface area contributed by atoms with Gasteiger partial charge in [0, 0.05) is 47.3 Å². The Labute approximate surface area is 332 Å². The van der Waals surface area contributed by atoms with Crippen LogP contribution in [0, 0.1) is 0 Å². The lowest BCUT2D eigenvalue weighted by molar-refractivity contribution is 0.631. The van der Waals surface area contributed by atoms with Crippen LogP contribution >= 0.6 is 11.3 Å². The molecule has 5 nitrogen and oxygen atoms in total. The Hall–Kier alpha value is -6.99. The lowest BCUT2D eigenvalue weighted by Gasteiger charge is -2.44. The summed E-state index contributed by atoms with van der Waals surface area (Å²) in [6, 6.07) is 64.6. The first kappa shape index (κ1) is 32.3. The summed E-state index contributed by atoms with van der Waals surface area (Å²) in [6.07, 6.45) is -0.589. The molecule has 0 spiro atoms. The van der Waals surface area contributed by atoms with Crippen LogP contribution in [0.1, 0.15) is 29.0 Å². The summed E-state index contributed by atoms with van der Waals surface area (Å²) in [6.45, 7) is 0. The molecule has 0 radical (unpaired) electrons. The minimum Gasteiger partial charge on any atom is -0.613 e. The van der Waals surface area contributed by atoms with Crippen molar-refractivity contribution in [3.63, 3.8) is 0 Å². The largest absolute Gasteiger partial charge is 0.613 e. The molecule has 2 atom stereocenters. The zero-order valence-corrected chi connectivity index (χ0v) is 31.4. The first-order chi connectivity index (χ1) is 28.2. The maximum absolute atomic E-state index is 6.65. The average Bonchev–Trinajstić information content (AvgIpc) is 3.96. The van der Waals surface area contributed by atoms with Crippen LogP contribution in [0.15, 0.2) is 191 Å². The normalized spacial score (nSPS) is 15.9. The number of rotatable bonds is 5. The average molecular weight is 750 g/mol. The molecule has 270 valence electrons. The van der Waals surface area contributed by atoms with E-state index in [1.807, 2.05) is 35.6 Å². The Morgan fingerprint density at radius 1 is 0.526 bits per heavy atom.